The van der Waals surface area contributed by atoms with Crippen molar-refractivity contribution < 1.29 is 9.90 Å². The summed E-state index contributed by atoms with van der Waals surface area (Å²) in [7, 11) is 0. The maximum atomic E-state index is 11.7. The number of hydrogen-bond acceptors (Lipinski definition) is 2. The van der Waals surface area contributed by atoms with Crippen LogP contribution in [0.4, 0.5) is 0 Å². The lowest BCUT2D eigenvalue weighted by atomic mass is 10.1. The summed E-state index contributed by atoms with van der Waals surface area (Å²) in [5.74, 6) is -0.132. The van der Waals surface area contributed by atoms with E-state index in [0.29, 0.717) is 10.9 Å². The molecule has 0 fully saturated rings. The Morgan fingerprint density at radius 3 is 2.75 bits per heavy atom. The van der Waals surface area contributed by atoms with E-state index in [4.69, 9.17) is 23.2 Å². The fourth-order valence-corrected chi connectivity index (χ4v) is 1.67. The molecule has 0 aliphatic carbocycles. The van der Waals surface area contributed by atoms with E-state index in [9.17, 15) is 9.90 Å². The van der Waals surface area contributed by atoms with Crippen LogP contribution >= 0.6 is 23.2 Å². The highest BCUT2D eigenvalue weighted by atomic mass is 35.5. The molecule has 1 unspecified atom stereocenters. The van der Waals surface area contributed by atoms with Crippen molar-refractivity contribution in [1.82, 2.24) is 5.32 Å². The van der Waals surface area contributed by atoms with Crippen molar-refractivity contribution in [2.75, 3.05) is 5.88 Å². The summed E-state index contributed by atoms with van der Waals surface area (Å²) in [6.45, 7) is 1.93. The molecule has 88 valence electrons. The van der Waals surface area contributed by atoms with Gasteiger partial charge in [-0.05, 0) is 24.6 Å². The number of rotatable bonds is 4. The number of alkyl halides is 1. The van der Waals surface area contributed by atoms with Crippen LogP contribution in [-0.4, -0.2) is 22.9 Å². The van der Waals surface area contributed by atoms with Gasteiger partial charge in [-0.15, -0.1) is 11.6 Å². The number of carbonyl (C=O) groups excluding carboxylic acids is 1. The largest absolute Gasteiger partial charge is 0.507 e. The molecular formula is C11H13Cl2NO2. The number of halogens is 2. The van der Waals surface area contributed by atoms with Crippen LogP contribution in [0.3, 0.4) is 0 Å². The molecular weight excluding hydrogens is 249 g/mol. The van der Waals surface area contributed by atoms with Crippen LogP contribution in [0, 0.1) is 0 Å². The molecule has 0 heterocycles. The standard InChI is InChI=1S/C11H13Cl2NO2/c1-2-8(6-12)14-11(16)9-4-3-7(13)5-10(9)15/h3-5,8,15H,2,6H2,1H3,(H,14,16). The first-order valence-corrected chi connectivity index (χ1v) is 5.85. The molecule has 2 N–H and O–H groups in total. The van der Waals surface area contributed by atoms with Crippen molar-refractivity contribution in [2.24, 2.45) is 0 Å². The molecule has 0 bridgehead atoms. The minimum atomic E-state index is -0.346. The van der Waals surface area contributed by atoms with Crippen molar-refractivity contribution in [3.63, 3.8) is 0 Å². The molecule has 1 atom stereocenters. The molecule has 5 heteroatoms. The summed E-state index contributed by atoms with van der Waals surface area (Å²) in [6, 6.07) is 4.27. The number of amides is 1. The maximum Gasteiger partial charge on any atom is 0.255 e. The van der Waals surface area contributed by atoms with E-state index in [0.717, 1.165) is 6.42 Å². The highest BCUT2D eigenvalue weighted by Crippen LogP contribution is 2.21. The van der Waals surface area contributed by atoms with E-state index < -0.39 is 0 Å². The van der Waals surface area contributed by atoms with Gasteiger partial charge in [0.2, 0.25) is 0 Å². The Labute approximate surface area is 104 Å². The number of hydrogen-bond donors (Lipinski definition) is 2. The zero-order chi connectivity index (χ0) is 12.1. The molecule has 1 amide bonds. The quantitative estimate of drug-likeness (QED) is 0.820. The van der Waals surface area contributed by atoms with Gasteiger partial charge in [-0.25, -0.2) is 0 Å². The van der Waals surface area contributed by atoms with E-state index >= 15 is 0 Å². The number of benzene rings is 1. The molecule has 1 aromatic carbocycles. The monoisotopic (exact) mass is 261 g/mol. The van der Waals surface area contributed by atoms with Crippen molar-refractivity contribution in [2.45, 2.75) is 19.4 Å². The van der Waals surface area contributed by atoms with Gasteiger partial charge in [-0.2, -0.15) is 0 Å². The first-order valence-electron chi connectivity index (χ1n) is 4.93. The number of phenols is 1. The zero-order valence-corrected chi connectivity index (χ0v) is 10.3. The second-order valence-corrected chi connectivity index (χ2v) is 4.14. The lowest BCUT2D eigenvalue weighted by Gasteiger charge is -2.14. The third-order valence-electron chi connectivity index (χ3n) is 2.22. The Morgan fingerprint density at radius 1 is 1.56 bits per heavy atom. The number of carbonyl (C=O) groups is 1. The molecule has 0 spiro atoms. The molecule has 1 aromatic rings. The predicted molar refractivity (Wildman–Crippen MR) is 65.4 cm³/mol. The van der Waals surface area contributed by atoms with E-state index in [1.54, 1.807) is 6.07 Å². The Hall–Kier alpha value is -0.930. The van der Waals surface area contributed by atoms with Gasteiger partial charge in [0.1, 0.15) is 5.75 Å². The van der Waals surface area contributed by atoms with E-state index in [1.807, 2.05) is 6.92 Å². The summed E-state index contributed by atoms with van der Waals surface area (Å²) in [6.07, 6.45) is 0.740. The second-order valence-electron chi connectivity index (χ2n) is 3.39. The molecule has 16 heavy (non-hydrogen) atoms. The van der Waals surface area contributed by atoms with Gasteiger partial charge in [0.05, 0.1) is 5.56 Å². The van der Waals surface area contributed by atoms with Gasteiger partial charge in [-0.1, -0.05) is 18.5 Å². The van der Waals surface area contributed by atoms with Crippen LogP contribution < -0.4 is 5.32 Å². The van der Waals surface area contributed by atoms with Gasteiger partial charge in [-0.3, -0.25) is 4.79 Å². The van der Waals surface area contributed by atoms with Crippen LogP contribution in [0.1, 0.15) is 23.7 Å². The van der Waals surface area contributed by atoms with Crippen molar-refractivity contribution in [1.29, 1.82) is 0 Å². The van der Waals surface area contributed by atoms with Gasteiger partial charge >= 0.3 is 0 Å². The molecule has 0 aliphatic rings. The summed E-state index contributed by atoms with van der Waals surface area (Å²) in [5, 5.41) is 12.6. The van der Waals surface area contributed by atoms with Crippen molar-refractivity contribution >= 4 is 29.1 Å². The fourth-order valence-electron chi connectivity index (χ4n) is 1.21. The smallest absolute Gasteiger partial charge is 0.255 e. The van der Waals surface area contributed by atoms with Crippen LogP contribution in [-0.2, 0) is 0 Å². The topological polar surface area (TPSA) is 49.3 Å². The maximum absolute atomic E-state index is 11.7. The summed E-state index contributed by atoms with van der Waals surface area (Å²) < 4.78 is 0. The Kier molecular flexibility index (Phi) is 4.90. The Balaban J connectivity index is 2.80. The van der Waals surface area contributed by atoms with Crippen molar-refractivity contribution in [3.05, 3.63) is 28.8 Å². The minimum Gasteiger partial charge on any atom is -0.507 e. The van der Waals surface area contributed by atoms with Crippen LogP contribution in [0.2, 0.25) is 5.02 Å². The van der Waals surface area contributed by atoms with E-state index in [-0.39, 0.29) is 23.3 Å². The normalized spacial score (nSPS) is 12.2. The second kappa shape index (κ2) is 5.97. The van der Waals surface area contributed by atoms with E-state index in [2.05, 4.69) is 5.32 Å². The highest BCUT2D eigenvalue weighted by molar-refractivity contribution is 6.30. The summed E-state index contributed by atoms with van der Waals surface area (Å²) in [4.78, 5) is 11.7. The first-order chi connectivity index (χ1) is 7.58. The first kappa shape index (κ1) is 13.1. The van der Waals surface area contributed by atoms with Crippen LogP contribution in [0.15, 0.2) is 18.2 Å². The zero-order valence-electron chi connectivity index (χ0n) is 8.84. The molecule has 0 saturated carbocycles. The van der Waals surface area contributed by atoms with Gasteiger partial charge in [0.25, 0.3) is 5.91 Å². The molecule has 0 aromatic heterocycles. The van der Waals surface area contributed by atoms with Crippen LogP contribution in [0.25, 0.3) is 0 Å². The molecule has 0 aliphatic heterocycles. The molecule has 1 rings (SSSR count). The number of nitrogens with one attached hydrogen (secondary N) is 1. The highest BCUT2D eigenvalue weighted by Gasteiger charge is 2.14. The van der Waals surface area contributed by atoms with Gasteiger partial charge in [0, 0.05) is 16.9 Å². The fraction of sp³-hybridized carbons (Fsp3) is 0.364. The average molecular weight is 262 g/mol. The van der Waals surface area contributed by atoms with Gasteiger partial charge < -0.3 is 10.4 Å². The minimum absolute atomic E-state index is 0.0933. The van der Waals surface area contributed by atoms with Gasteiger partial charge in [0.15, 0.2) is 0 Å². The Bertz CT molecular complexity index is 378. The molecule has 0 radical (unpaired) electrons. The molecule has 0 saturated heterocycles. The molecule has 3 nitrogen and oxygen atoms in total. The van der Waals surface area contributed by atoms with Crippen molar-refractivity contribution in [3.8, 4) is 5.75 Å². The third-order valence-corrected chi connectivity index (χ3v) is 2.83. The lowest BCUT2D eigenvalue weighted by molar-refractivity contribution is 0.0937. The number of aromatic hydroxyl groups is 1. The lowest BCUT2D eigenvalue weighted by Crippen LogP contribution is -2.35. The average Bonchev–Trinajstić information content (AvgIpc) is 2.25. The SMILES string of the molecule is CCC(CCl)NC(=O)c1ccc(Cl)cc1O. The van der Waals surface area contributed by atoms with E-state index in [1.165, 1.54) is 12.1 Å². The summed E-state index contributed by atoms with van der Waals surface area (Å²) >= 11 is 11.3. The Morgan fingerprint density at radius 2 is 2.25 bits per heavy atom. The summed E-state index contributed by atoms with van der Waals surface area (Å²) in [5.41, 5.74) is 0.202. The van der Waals surface area contributed by atoms with Crippen LogP contribution in [0.5, 0.6) is 5.75 Å². The number of phenolic OH excluding ortho intramolecular Hbond substituents is 1. The third kappa shape index (κ3) is 3.29. The predicted octanol–water partition coefficient (Wildman–Crippen LogP) is 2.79.